The first kappa shape index (κ1) is 19.8. The molecule has 0 aliphatic carbocycles. The highest BCUT2D eigenvalue weighted by Gasteiger charge is 2.44. The van der Waals surface area contributed by atoms with Gasteiger partial charge in [-0.3, -0.25) is 19.3 Å². The molecule has 0 radical (unpaired) electrons. The number of aryl methyl sites for hydroxylation is 2. The van der Waals surface area contributed by atoms with Crippen LogP contribution in [0.15, 0.2) is 42.5 Å². The Morgan fingerprint density at radius 2 is 1.39 bits per heavy atom. The van der Waals surface area contributed by atoms with E-state index in [0.717, 1.165) is 34.6 Å². The molecule has 146 valence electrons. The van der Waals surface area contributed by atoms with Crippen molar-refractivity contribution in [2.24, 2.45) is 5.92 Å². The number of anilines is 1. The molecule has 0 saturated heterocycles. The summed E-state index contributed by atoms with van der Waals surface area (Å²) in [5.74, 6) is -1.37. The lowest BCUT2D eigenvalue weighted by atomic mass is 9.99. The van der Waals surface area contributed by atoms with Gasteiger partial charge in [0, 0.05) is 5.69 Å². The van der Waals surface area contributed by atoms with Crippen LogP contribution in [0.5, 0.6) is 0 Å². The monoisotopic (exact) mass is 378 g/mol. The smallest absolute Gasteiger partial charge is 0.262 e. The Balaban J connectivity index is 1.96. The van der Waals surface area contributed by atoms with Crippen LogP contribution in [0.1, 0.15) is 59.5 Å². The van der Waals surface area contributed by atoms with Crippen molar-refractivity contribution in [3.05, 3.63) is 64.7 Å². The Morgan fingerprint density at radius 3 is 1.82 bits per heavy atom. The molecule has 1 atom stereocenters. The summed E-state index contributed by atoms with van der Waals surface area (Å²) in [6.07, 6.45) is 1.56. The maximum atomic E-state index is 13.3. The van der Waals surface area contributed by atoms with E-state index in [1.807, 2.05) is 45.9 Å². The van der Waals surface area contributed by atoms with Crippen molar-refractivity contribution < 1.29 is 14.4 Å². The van der Waals surface area contributed by atoms with E-state index in [2.05, 4.69) is 5.32 Å². The lowest BCUT2D eigenvalue weighted by Gasteiger charge is -2.29. The molecule has 0 bridgehead atoms. The summed E-state index contributed by atoms with van der Waals surface area (Å²) in [6, 6.07) is 11.8. The van der Waals surface area contributed by atoms with Crippen LogP contribution in [0.2, 0.25) is 0 Å². The number of benzene rings is 2. The van der Waals surface area contributed by atoms with Gasteiger partial charge in [0.2, 0.25) is 5.91 Å². The zero-order chi connectivity index (χ0) is 20.4. The summed E-state index contributed by atoms with van der Waals surface area (Å²) < 4.78 is 0. The number of imide groups is 1. The van der Waals surface area contributed by atoms with Gasteiger partial charge >= 0.3 is 0 Å². The van der Waals surface area contributed by atoms with E-state index < -0.39 is 17.9 Å². The van der Waals surface area contributed by atoms with Crippen LogP contribution < -0.4 is 5.32 Å². The summed E-state index contributed by atoms with van der Waals surface area (Å²) >= 11 is 0. The SMILES string of the molecule is CCc1cccc(CC)c1NC(=O)C(C(C)C)N1C(=O)c2ccccc2C1=O. The van der Waals surface area contributed by atoms with Gasteiger partial charge in [0.1, 0.15) is 6.04 Å². The Bertz CT molecular complexity index is 876. The van der Waals surface area contributed by atoms with Gasteiger partial charge in [0.25, 0.3) is 11.8 Å². The number of rotatable bonds is 6. The number of hydrogen-bond acceptors (Lipinski definition) is 3. The number of carbonyl (C=O) groups is 3. The molecule has 3 rings (SSSR count). The van der Waals surface area contributed by atoms with Crippen molar-refractivity contribution in [1.29, 1.82) is 0 Å². The van der Waals surface area contributed by atoms with Gasteiger partial charge in [-0.1, -0.05) is 58.0 Å². The summed E-state index contributed by atoms with van der Waals surface area (Å²) in [6.45, 7) is 7.77. The second-order valence-electron chi connectivity index (χ2n) is 7.36. The molecule has 1 N–H and O–H groups in total. The highest BCUT2D eigenvalue weighted by Crippen LogP contribution is 2.29. The van der Waals surface area contributed by atoms with E-state index in [9.17, 15) is 14.4 Å². The largest absolute Gasteiger partial charge is 0.324 e. The molecule has 2 aromatic carbocycles. The normalized spacial score (nSPS) is 14.4. The molecular weight excluding hydrogens is 352 g/mol. The molecule has 0 spiro atoms. The minimum absolute atomic E-state index is 0.221. The van der Waals surface area contributed by atoms with Crippen LogP contribution in [0.25, 0.3) is 0 Å². The molecule has 0 saturated carbocycles. The van der Waals surface area contributed by atoms with Crippen molar-refractivity contribution in [2.75, 3.05) is 5.32 Å². The van der Waals surface area contributed by atoms with Crippen molar-refractivity contribution >= 4 is 23.4 Å². The van der Waals surface area contributed by atoms with Crippen molar-refractivity contribution in [3.8, 4) is 0 Å². The van der Waals surface area contributed by atoms with E-state index >= 15 is 0 Å². The van der Waals surface area contributed by atoms with Crippen LogP contribution in [-0.4, -0.2) is 28.7 Å². The van der Waals surface area contributed by atoms with Crippen molar-refractivity contribution in [2.45, 2.75) is 46.6 Å². The molecule has 28 heavy (non-hydrogen) atoms. The van der Waals surface area contributed by atoms with Gasteiger partial charge in [-0.05, 0) is 42.0 Å². The Kier molecular flexibility index (Phi) is 5.63. The number of amides is 3. The Labute approximate surface area is 165 Å². The number of nitrogens with zero attached hydrogens (tertiary/aromatic N) is 1. The van der Waals surface area contributed by atoms with E-state index in [-0.39, 0.29) is 11.8 Å². The molecule has 2 aromatic rings. The topological polar surface area (TPSA) is 66.5 Å². The van der Waals surface area contributed by atoms with Crippen LogP contribution >= 0.6 is 0 Å². The molecule has 5 nitrogen and oxygen atoms in total. The average molecular weight is 378 g/mol. The predicted octanol–water partition coefficient (Wildman–Crippen LogP) is 4.07. The first-order valence-electron chi connectivity index (χ1n) is 9.79. The predicted molar refractivity (Wildman–Crippen MR) is 109 cm³/mol. The van der Waals surface area contributed by atoms with Crippen LogP contribution in [0, 0.1) is 5.92 Å². The lowest BCUT2D eigenvalue weighted by Crippen LogP contribution is -2.50. The van der Waals surface area contributed by atoms with Crippen molar-refractivity contribution in [1.82, 2.24) is 4.90 Å². The summed E-state index contributed by atoms with van der Waals surface area (Å²) in [5.41, 5.74) is 3.58. The van der Waals surface area contributed by atoms with E-state index in [4.69, 9.17) is 0 Å². The molecule has 1 unspecified atom stereocenters. The van der Waals surface area contributed by atoms with E-state index in [0.29, 0.717) is 11.1 Å². The first-order chi connectivity index (χ1) is 13.4. The minimum Gasteiger partial charge on any atom is -0.324 e. The fourth-order valence-electron chi connectivity index (χ4n) is 3.78. The van der Waals surface area contributed by atoms with Gasteiger partial charge < -0.3 is 5.32 Å². The molecular formula is C23H26N2O3. The summed E-state index contributed by atoms with van der Waals surface area (Å²) in [5, 5.41) is 3.02. The molecule has 1 heterocycles. The maximum absolute atomic E-state index is 13.3. The fourth-order valence-corrected chi connectivity index (χ4v) is 3.78. The third-order valence-electron chi connectivity index (χ3n) is 5.25. The summed E-state index contributed by atoms with van der Waals surface area (Å²) in [7, 11) is 0. The molecule has 0 aromatic heterocycles. The van der Waals surface area contributed by atoms with Gasteiger partial charge in [-0.15, -0.1) is 0 Å². The molecule has 1 aliphatic heterocycles. The molecule has 5 heteroatoms. The first-order valence-corrected chi connectivity index (χ1v) is 9.79. The van der Waals surface area contributed by atoms with Gasteiger partial charge in [0.15, 0.2) is 0 Å². The van der Waals surface area contributed by atoms with E-state index in [1.54, 1.807) is 24.3 Å². The zero-order valence-electron chi connectivity index (χ0n) is 16.8. The number of fused-ring (bicyclic) bond motifs is 1. The quantitative estimate of drug-likeness (QED) is 0.771. The fraction of sp³-hybridized carbons (Fsp3) is 0.348. The average Bonchev–Trinajstić information content (AvgIpc) is 2.93. The molecule has 1 aliphatic rings. The molecule has 0 fully saturated rings. The van der Waals surface area contributed by atoms with Crippen LogP contribution in [0.3, 0.4) is 0 Å². The zero-order valence-corrected chi connectivity index (χ0v) is 16.8. The van der Waals surface area contributed by atoms with Gasteiger partial charge in [-0.2, -0.15) is 0 Å². The highest BCUT2D eigenvalue weighted by atomic mass is 16.2. The lowest BCUT2D eigenvalue weighted by molar-refractivity contribution is -0.121. The number of nitrogens with one attached hydrogen (secondary N) is 1. The van der Waals surface area contributed by atoms with Crippen LogP contribution in [-0.2, 0) is 17.6 Å². The highest BCUT2D eigenvalue weighted by molar-refractivity contribution is 6.23. The second-order valence-corrected chi connectivity index (χ2v) is 7.36. The van der Waals surface area contributed by atoms with Gasteiger partial charge in [0.05, 0.1) is 11.1 Å². The van der Waals surface area contributed by atoms with Gasteiger partial charge in [-0.25, -0.2) is 0 Å². The van der Waals surface area contributed by atoms with Crippen molar-refractivity contribution in [3.63, 3.8) is 0 Å². The third-order valence-corrected chi connectivity index (χ3v) is 5.25. The number of hydrogen-bond donors (Lipinski definition) is 1. The second kappa shape index (κ2) is 7.97. The van der Waals surface area contributed by atoms with Crippen LogP contribution in [0.4, 0.5) is 5.69 Å². The number of para-hydroxylation sites is 1. The number of carbonyl (C=O) groups excluding carboxylic acids is 3. The maximum Gasteiger partial charge on any atom is 0.262 e. The van der Waals surface area contributed by atoms with E-state index in [1.165, 1.54) is 0 Å². The Morgan fingerprint density at radius 1 is 0.893 bits per heavy atom. The minimum atomic E-state index is -0.873. The third kappa shape index (κ3) is 3.33. The standard InChI is InChI=1S/C23H26N2O3/c1-5-15-10-9-11-16(6-2)19(15)24-21(26)20(14(3)4)25-22(27)17-12-7-8-13-18(17)23(25)28/h7-14,20H,5-6H2,1-4H3,(H,24,26). The Hall–Kier alpha value is -2.95. The summed E-state index contributed by atoms with van der Waals surface area (Å²) in [4.78, 5) is 40.1. The molecule has 3 amide bonds.